The molecule has 124 valence electrons. The Bertz CT molecular complexity index is 617. The van der Waals surface area contributed by atoms with Gasteiger partial charge >= 0.3 is 0 Å². The van der Waals surface area contributed by atoms with E-state index in [1.807, 2.05) is 18.3 Å². The second-order valence-corrected chi connectivity index (χ2v) is 6.51. The number of hydrogen-bond donors (Lipinski definition) is 0. The molecular formula is C18H25ClN4. The first-order valence-corrected chi connectivity index (χ1v) is 8.82. The van der Waals surface area contributed by atoms with Gasteiger partial charge in [-0.1, -0.05) is 36.7 Å². The third-order valence-electron chi connectivity index (χ3n) is 4.59. The molecule has 1 fully saturated rings. The van der Waals surface area contributed by atoms with Crippen LogP contribution in [0.25, 0.3) is 0 Å². The summed E-state index contributed by atoms with van der Waals surface area (Å²) in [5.41, 5.74) is 1.23. The van der Waals surface area contributed by atoms with E-state index in [0.717, 1.165) is 57.3 Å². The number of imidazole rings is 1. The normalized spacial score (nSPS) is 16.8. The summed E-state index contributed by atoms with van der Waals surface area (Å²) in [5.74, 6) is 1.18. The van der Waals surface area contributed by atoms with Gasteiger partial charge in [0.2, 0.25) is 0 Å². The van der Waals surface area contributed by atoms with Gasteiger partial charge in [-0.15, -0.1) is 0 Å². The Morgan fingerprint density at radius 1 is 1.04 bits per heavy atom. The lowest BCUT2D eigenvalue weighted by Crippen LogP contribution is -2.46. The highest BCUT2D eigenvalue weighted by Gasteiger charge is 2.17. The van der Waals surface area contributed by atoms with Crippen LogP contribution in [-0.4, -0.2) is 52.1 Å². The molecule has 0 amide bonds. The van der Waals surface area contributed by atoms with Gasteiger partial charge in [-0.25, -0.2) is 4.98 Å². The molecule has 2 aromatic rings. The largest absolute Gasteiger partial charge is 0.334 e. The first kappa shape index (κ1) is 16.5. The number of halogens is 1. The van der Waals surface area contributed by atoms with E-state index in [9.17, 15) is 0 Å². The molecule has 0 aliphatic carbocycles. The van der Waals surface area contributed by atoms with Crippen LogP contribution >= 0.6 is 11.6 Å². The summed E-state index contributed by atoms with van der Waals surface area (Å²) in [4.78, 5) is 9.43. The lowest BCUT2D eigenvalue weighted by molar-refractivity contribution is 0.124. The van der Waals surface area contributed by atoms with Crippen LogP contribution in [0.2, 0.25) is 5.02 Å². The Morgan fingerprint density at radius 2 is 1.78 bits per heavy atom. The topological polar surface area (TPSA) is 24.3 Å². The highest BCUT2D eigenvalue weighted by Crippen LogP contribution is 2.17. The number of aromatic nitrogens is 2. The summed E-state index contributed by atoms with van der Waals surface area (Å²) in [5, 5.41) is 0.877. The van der Waals surface area contributed by atoms with Crippen molar-refractivity contribution in [2.24, 2.45) is 0 Å². The van der Waals surface area contributed by atoms with Crippen molar-refractivity contribution >= 4 is 11.6 Å². The molecule has 0 bridgehead atoms. The predicted octanol–water partition coefficient (Wildman–Crippen LogP) is 2.92. The number of nitrogens with zero attached hydrogens (tertiary/aromatic N) is 4. The van der Waals surface area contributed by atoms with E-state index >= 15 is 0 Å². The van der Waals surface area contributed by atoms with Crippen molar-refractivity contribution in [3.8, 4) is 0 Å². The van der Waals surface area contributed by atoms with Crippen LogP contribution < -0.4 is 0 Å². The molecule has 23 heavy (non-hydrogen) atoms. The van der Waals surface area contributed by atoms with Gasteiger partial charge in [0.1, 0.15) is 5.82 Å². The SMILES string of the molecule is CCc1nccn1CCN1CCN(Cc2ccccc2Cl)CC1. The van der Waals surface area contributed by atoms with Gasteiger partial charge in [-0.2, -0.15) is 0 Å². The maximum atomic E-state index is 6.26. The molecule has 0 unspecified atom stereocenters. The summed E-state index contributed by atoms with van der Waals surface area (Å²) in [6, 6.07) is 8.15. The summed E-state index contributed by atoms with van der Waals surface area (Å²) in [7, 11) is 0. The van der Waals surface area contributed by atoms with Gasteiger partial charge in [0.15, 0.2) is 0 Å². The smallest absolute Gasteiger partial charge is 0.108 e. The monoisotopic (exact) mass is 332 g/mol. The van der Waals surface area contributed by atoms with Crippen LogP contribution in [0.15, 0.2) is 36.7 Å². The third kappa shape index (κ3) is 4.34. The molecule has 0 radical (unpaired) electrons. The molecule has 1 aromatic heterocycles. The zero-order valence-corrected chi connectivity index (χ0v) is 14.5. The van der Waals surface area contributed by atoms with Crippen molar-refractivity contribution in [1.29, 1.82) is 0 Å². The summed E-state index contributed by atoms with van der Waals surface area (Å²) >= 11 is 6.26. The molecule has 0 atom stereocenters. The quantitative estimate of drug-likeness (QED) is 0.813. The zero-order chi connectivity index (χ0) is 16.1. The van der Waals surface area contributed by atoms with Crippen LogP contribution in [0.5, 0.6) is 0 Å². The summed E-state index contributed by atoms with van der Waals surface area (Å²) in [6.45, 7) is 9.71. The number of aryl methyl sites for hydroxylation is 1. The Morgan fingerprint density at radius 3 is 2.52 bits per heavy atom. The average Bonchev–Trinajstić information content (AvgIpc) is 3.04. The van der Waals surface area contributed by atoms with Gasteiger partial charge in [0.25, 0.3) is 0 Å². The molecule has 0 spiro atoms. The summed E-state index contributed by atoms with van der Waals surface area (Å²) in [6.07, 6.45) is 4.99. The van der Waals surface area contributed by atoms with Crippen LogP contribution in [0.4, 0.5) is 0 Å². The van der Waals surface area contributed by atoms with Crippen LogP contribution in [0, 0.1) is 0 Å². The molecule has 1 aromatic carbocycles. The van der Waals surface area contributed by atoms with Crippen molar-refractivity contribution in [3.05, 3.63) is 53.1 Å². The fourth-order valence-electron chi connectivity index (χ4n) is 3.15. The number of benzene rings is 1. The lowest BCUT2D eigenvalue weighted by atomic mass is 10.2. The zero-order valence-electron chi connectivity index (χ0n) is 13.8. The van der Waals surface area contributed by atoms with E-state index in [-0.39, 0.29) is 0 Å². The fraction of sp³-hybridized carbons (Fsp3) is 0.500. The first-order valence-electron chi connectivity index (χ1n) is 8.44. The minimum absolute atomic E-state index is 0.877. The Hall–Kier alpha value is -1.36. The molecule has 4 nitrogen and oxygen atoms in total. The van der Waals surface area contributed by atoms with E-state index in [0.29, 0.717) is 0 Å². The van der Waals surface area contributed by atoms with Gasteiger partial charge in [0.05, 0.1) is 0 Å². The predicted molar refractivity (Wildman–Crippen MR) is 94.8 cm³/mol. The molecule has 1 saturated heterocycles. The Balaban J connectivity index is 1.44. The highest BCUT2D eigenvalue weighted by molar-refractivity contribution is 6.31. The minimum Gasteiger partial charge on any atom is -0.334 e. The van der Waals surface area contributed by atoms with Gasteiger partial charge < -0.3 is 4.57 Å². The second kappa shape index (κ2) is 7.95. The minimum atomic E-state index is 0.877. The van der Waals surface area contributed by atoms with E-state index < -0.39 is 0 Å². The molecule has 5 heteroatoms. The van der Waals surface area contributed by atoms with E-state index in [2.05, 4.69) is 44.6 Å². The van der Waals surface area contributed by atoms with Crippen molar-refractivity contribution in [2.45, 2.75) is 26.4 Å². The molecule has 1 aliphatic rings. The van der Waals surface area contributed by atoms with Crippen LogP contribution in [0.1, 0.15) is 18.3 Å². The van der Waals surface area contributed by atoms with Gasteiger partial charge in [0, 0.05) is 69.7 Å². The van der Waals surface area contributed by atoms with E-state index in [4.69, 9.17) is 11.6 Å². The Kier molecular flexibility index (Phi) is 5.70. The molecule has 3 rings (SSSR count). The lowest BCUT2D eigenvalue weighted by Gasteiger charge is -2.35. The molecule has 1 aliphatic heterocycles. The molecule has 0 N–H and O–H groups in total. The number of hydrogen-bond acceptors (Lipinski definition) is 3. The number of piperazine rings is 1. The molecule has 2 heterocycles. The van der Waals surface area contributed by atoms with Crippen LogP contribution in [0.3, 0.4) is 0 Å². The van der Waals surface area contributed by atoms with Crippen molar-refractivity contribution in [3.63, 3.8) is 0 Å². The van der Waals surface area contributed by atoms with E-state index in [1.165, 1.54) is 11.4 Å². The van der Waals surface area contributed by atoms with Crippen LogP contribution in [-0.2, 0) is 19.5 Å². The summed E-state index contributed by atoms with van der Waals surface area (Å²) < 4.78 is 2.27. The Labute approximate surface area is 143 Å². The average molecular weight is 333 g/mol. The standard InChI is InChI=1S/C18H25ClN4/c1-2-18-20-7-8-23(18)14-13-21-9-11-22(12-10-21)15-16-5-3-4-6-17(16)19/h3-8H,2,9-15H2,1H3. The van der Waals surface area contributed by atoms with Crippen molar-refractivity contribution < 1.29 is 0 Å². The maximum absolute atomic E-state index is 6.26. The maximum Gasteiger partial charge on any atom is 0.108 e. The van der Waals surface area contributed by atoms with Gasteiger partial charge in [-0.05, 0) is 11.6 Å². The van der Waals surface area contributed by atoms with Crippen molar-refractivity contribution in [2.75, 3.05) is 32.7 Å². The van der Waals surface area contributed by atoms with Gasteiger partial charge in [-0.3, -0.25) is 9.80 Å². The van der Waals surface area contributed by atoms with E-state index in [1.54, 1.807) is 0 Å². The third-order valence-corrected chi connectivity index (χ3v) is 4.96. The second-order valence-electron chi connectivity index (χ2n) is 6.10. The highest BCUT2D eigenvalue weighted by atomic mass is 35.5. The molecule has 0 saturated carbocycles. The number of rotatable bonds is 6. The molecular weight excluding hydrogens is 308 g/mol. The van der Waals surface area contributed by atoms with Crippen molar-refractivity contribution in [1.82, 2.24) is 19.4 Å². The fourth-order valence-corrected chi connectivity index (χ4v) is 3.34. The first-order chi connectivity index (χ1) is 11.3.